The first-order chi connectivity index (χ1) is 9.95. The van der Waals surface area contributed by atoms with Gasteiger partial charge in [-0.25, -0.2) is 18.4 Å². The molecule has 14 heteroatoms. The third-order valence-corrected chi connectivity index (χ3v) is 2.63. The van der Waals surface area contributed by atoms with Gasteiger partial charge in [-0.3, -0.25) is 4.55 Å². The Labute approximate surface area is 121 Å². The lowest BCUT2D eigenvalue weighted by molar-refractivity contribution is 0.00744. The highest BCUT2D eigenvalue weighted by Gasteiger charge is 2.45. The van der Waals surface area contributed by atoms with Crippen LogP contribution in [-0.4, -0.2) is 63.1 Å². The maximum atomic E-state index is 12.7. The molecule has 0 fully saturated rings. The van der Waals surface area contributed by atoms with E-state index < -0.39 is 47.2 Å². The minimum Gasteiger partial charge on any atom is -0.443 e. The third-order valence-electron chi connectivity index (χ3n) is 1.75. The van der Waals surface area contributed by atoms with Crippen molar-refractivity contribution in [3.63, 3.8) is 0 Å². The summed E-state index contributed by atoms with van der Waals surface area (Å²) in [4.78, 5) is 21.6. The van der Waals surface area contributed by atoms with Gasteiger partial charge in [0.2, 0.25) is 0 Å². The predicted molar refractivity (Wildman–Crippen MR) is 61.2 cm³/mol. The largest absolute Gasteiger partial charge is 0.443 e. The molecule has 3 N–H and O–H groups in total. The molecule has 0 aromatic heterocycles. The van der Waals surface area contributed by atoms with Crippen LogP contribution in [0.4, 0.5) is 27.2 Å². The molecule has 0 aliphatic heterocycles. The summed E-state index contributed by atoms with van der Waals surface area (Å²) in [5.74, 6) is 0. The van der Waals surface area contributed by atoms with E-state index in [2.05, 4.69) is 9.47 Å². The molecule has 0 unspecified atom stereocenters. The Kier molecular flexibility index (Phi) is 7.86. The molecule has 130 valence electrons. The Bertz CT molecular complexity index is 485. The fourth-order valence-corrected chi connectivity index (χ4v) is 1.00. The number of hydrogen-bond acceptors (Lipinski definition) is 6. The van der Waals surface area contributed by atoms with Gasteiger partial charge in [-0.15, -0.1) is 0 Å². The summed E-state index contributed by atoms with van der Waals surface area (Å²) in [6.45, 7) is -3.68. The van der Waals surface area contributed by atoms with E-state index in [9.17, 15) is 35.6 Å². The Hall–Kier alpha value is -1.83. The maximum absolute atomic E-state index is 12.7. The molecule has 0 aliphatic rings. The Morgan fingerprint density at radius 3 is 1.95 bits per heavy atom. The molecule has 0 rings (SSSR count). The second kappa shape index (κ2) is 8.57. The normalized spacial score (nSPS) is 11.9. The predicted octanol–water partition coefficient (Wildman–Crippen LogP) is 0.185. The summed E-state index contributed by atoms with van der Waals surface area (Å²) < 4.78 is 85.0. The standard InChI is InChI=1S/C8H12F4N2O7S/c9-5(10)3-20-6(15)13-1-2-14-7(16)21-4-8(11,12)22(17,18)19/h5H,1-4H2,(H,13,15)(H,14,16)(H,17,18,19). The minimum atomic E-state index is -5.72. The molecule has 0 radical (unpaired) electrons. The summed E-state index contributed by atoms with van der Waals surface area (Å²) in [6, 6.07) is 0. The van der Waals surface area contributed by atoms with Crippen LogP contribution in [-0.2, 0) is 19.6 Å². The van der Waals surface area contributed by atoms with Gasteiger partial charge in [-0.05, 0) is 0 Å². The molecule has 0 aromatic carbocycles. The van der Waals surface area contributed by atoms with Crippen LogP contribution in [0, 0.1) is 0 Å². The van der Waals surface area contributed by atoms with Crippen LogP contribution in [0.1, 0.15) is 0 Å². The SMILES string of the molecule is O=C(NCCNC(=O)OCC(F)(F)S(=O)(=O)O)OCC(F)F. The average Bonchev–Trinajstić information content (AvgIpc) is 2.37. The number of ether oxygens (including phenoxy) is 2. The quantitative estimate of drug-likeness (QED) is 0.321. The maximum Gasteiger partial charge on any atom is 0.407 e. The molecule has 22 heavy (non-hydrogen) atoms. The van der Waals surface area contributed by atoms with E-state index in [1.807, 2.05) is 10.6 Å². The van der Waals surface area contributed by atoms with Crippen molar-refractivity contribution in [1.29, 1.82) is 0 Å². The smallest absolute Gasteiger partial charge is 0.407 e. The highest BCUT2D eigenvalue weighted by molar-refractivity contribution is 7.86. The van der Waals surface area contributed by atoms with Gasteiger partial charge in [0.25, 0.3) is 6.43 Å². The summed E-state index contributed by atoms with van der Waals surface area (Å²) in [5, 5.41) is -0.886. The highest BCUT2D eigenvalue weighted by Crippen LogP contribution is 2.20. The topological polar surface area (TPSA) is 131 Å². The van der Waals surface area contributed by atoms with E-state index in [-0.39, 0.29) is 13.1 Å². The van der Waals surface area contributed by atoms with Crippen molar-refractivity contribution in [3.8, 4) is 0 Å². The van der Waals surface area contributed by atoms with Gasteiger partial charge in [-0.1, -0.05) is 0 Å². The van der Waals surface area contributed by atoms with Crippen LogP contribution in [0.15, 0.2) is 0 Å². The second-order valence-corrected chi connectivity index (χ2v) is 5.08. The van der Waals surface area contributed by atoms with Crippen LogP contribution in [0.25, 0.3) is 0 Å². The van der Waals surface area contributed by atoms with Crippen molar-refractivity contribution >= 4 is 22.3 Å². The minimum absolute atomic E-state index is 0.300. The lowest BCUT2D eigenvalue weighted by atomic mass is 10.6. The van der Waals surface area contributed by atoms with Crippen molar-refractivity contribution in [2.24, 2.45) is 0 Å². The molecule has 0 heterocycles. The summed E-state index contributed by atoms with van der Waals surface area (Å²) >= 11 is 0. The third kappa shape index (κ3) is 8.46. The van der Waals surface area contributed by atoms with E-state index in [0.717, 1.165) is 0 Å². The van der Waals surface area contributed by atoms with Crippen LogP contribution in [0.2, 0.25) is 0 Å². The fourth-order valence-electron chi connectivity index (χ4n) is 0.794. The number of rotatable bonds is 8. The van der Waals surface area contributed by atoms with Gasteiger partial charge >= 0.3 is 27.6 Å². The molecule has 0 atom stereocenters. The van der Waals surface area contributed by atoms with Crippen LogP contribution >= 0.6 is 0 Å². The lowest BCUT2D eigenvalue weighted by Crippen LogP contribution is -2.39. The second-order valence-electron chi connectivity index (χ2n) is 3.53. The fraction of sp³-hybridized carbons (Fsp3) is 0.750. The average molecular weight is 356 g/mol. The molecule has 0 spiro atoms. The molecule has 0 saturated carbocycles. The van der Waals surface area contributed by atoms with E-state index in [0.29, 0.717) is 0 Å². The molecule has 2 amide bonds. The van der Waals surface area contributed by atoms with Crippen molar-refractivity contribution < 1.29 is 49.6 Å². The number of carbonyl (C=O) groups excluding carboxylic acids is 2. The molecular formula is C8H12F4N2O7S. The van der Waals surface area contributed by atoms with Gasteiger partial charge in [0.05, 0.1) is 0 Å². The van der Waals surface area contributed by atoms with Crippen molar-refractivity contribution in [1.82, 2.24) is 10.6 Å². The summed E-state index contributed by atoms with van der Waals surface area (Å²) in [6.07, 6.45) is -5.48. The Balaban J connectivity index is 3.86. The van der Waals surface area contributed by atoms with Gasteiger partial charge in [0.15, 0.2) is 13.2 Å². The summed E-state index contributed by atoms with van der Waals surface area (Å²) in [7, 11) is -5.72. The van der Waals surface area contributed by atoms with Gasteiger partial charge < -0.3 is 20.1 Å². The van der Waals surface area contributed by atoms with E-state index in [4.69, 9.17) is 4.55 Å². The zero-order valence-corrected chi connectivity index (χ0v) is 11.5. The summed E-state index contributed by atoms with van der Waals surface area (Å²) in [5.41, 5.74) is 0. The van der Waals surface area contributed by atoms with E-state index >= 15 is 0 Å². The van der Waals surface area contributed by atoms with Crippen LogP contribution in [0.3, 0.4) is 0 Å². The number of alkyl halides is 4. The number of carbonyl (C=O) groups is 2. The first-order valence-corrected chi connectivity index (χ1v) is 6.84. The molecule has 0 aliphatic carbocycles. The van der Waals surface area contributed by atoms with Crippen molar-refractivity contribution in [3.05, 3.63) is 0 Å². The number of nitrogens with one attached hydrogen (secondary N) is 2. The van der Waals surface area contributed by atoms with Crippen LogP contribution in [0.5, 0.6) is 0 Å². The van der Waals surface area contributed by atoms with Crippen molar-refractivity contribution in [2.75, 3.05) is 26.3 Å². The van der Waals surface area contributed by atoms with Crippen LogP contribution < -0.4 is 10.6 Å². The first-order valence-electron chi connectivity index (χ1n) is 5.40. The Morgan fingerprint density at radius 2 is 1.55 bits per heavy atom. The van der Waals surface area contributed by atoms with Gasteiger partial charge in [0.1, 0.15) is 0 Å². The zero-order chi connectivity index (χ0) is 17.4. The molecule has 9 nitrogen and oxygen atoms in total. The Morgan fingerprint density at radius 1 is 1.09 bits per heavy atom. The lowest BCUT2D eigenvalue weighted by Gasteiger charge is -2.13. The molecule has 0 saturated heterocycles. The zero-order valence-electron chi connectivity index (χ0n) is 10.7. The molecule has 0 aromatic rings. The van der Waals surface area contributed by atoms with E-state index in [1.165, 1.54) is 0 Å². The van der Waals surface area contributed by atoms with Gasteiger partial charge in [-0.2, -0.15) is 17.2 Å². The molecule has 0 bridgehead atoms. The van der Waals surface area contributed by atoms with Crippen molar-refractivity contribution in [2.45, 2.75) is 11.7 Å². The monoisotopic (exact) mass is 356 g/mol. The highest BCUT2D eigenvalue weighted by atomic mass is 32.2. The number of hydrogen-bond donors (Lipinski definition) is 3. The first kappa shape index (κ1) is 20.2. The molecular weight excluding hydrogens is 344 g/mol. The number of alkyl carbamates (subject to hydrolysis) is 2. The number of halogens is 4. The number of amides is 2. The van der Waals surface area contributed by atoms with E-state index in [1.54, 1.807) is 0 Å². The van der Waals surface area contributed by atoms with Gasteiger partial charge in [0, 0.05) is 13.1 Å².